The molecule has 21 heavy (non-hydrogen) atoms. The highest BCUT2D eigenvalue weighted by molar-refractivity contribution is 5.92. The molecule has 0 radical (unpaired) electrons. The Balaban J connectivity index is 1.69. The van der Waals surface area contributed by atoms with E-state index in [4.69, 9.17) is 0 Å². The molecular formula is C15H18N4O2. The lowest BCUT2D eigenvalue weighted by atomic mass is 9.92. The zero-order valence-corrected chi connectivity index (χ0v) is 11.6. The largest absolute Gasteiger partial charge is 0.391 e. The number of amides is 1. The van der Waals surface area contributed by atoms with Gasteiger partial charge in [-0.05, 0) is 25.0 Å². The molecule has 1 aromatic heterocycles. The first-order valence-corrected chi connectivity index (χ1v) is 7.21. The molecule has 110 valence electrons. The standard InChI is InChI=1S/C15H18N4O2/c20-14-9-5-4-8-12(14)17-15(21)13-10-16-19(18-13)11-6-2-1-3-7-11/h1-3,6-7,10,12,14,20H,4-5,8-9H2,(H,17,21). The van der Waals surface area contributed by atoms with Gasteiger partial charge in [0, 0.05) is 0 Å². The van der Waals surface area contributed by atoms with Crippen LogP contribution in [0.1, 0.15) is 36.2 Å². The lowest BCUT2D eigenvalue weighted by Gasteiger charge is -2.27. The highest BCUT2D eigenvalue weighted by Crippen LogP contribution is 2.18. The van der Waals surface area contributed by atoms with Gasteiger partial charge in [0.15, 0.2) is 5.69 Å². The molecule has 2 atom stereocenters. The number of hydrogen-bond donors (Lipinski definition) is 2. The molecule has 1 aromatic carbocycles. The van der Waals surface area contributed by atoms with E-state index in [2.05, 4.69) is 15.5 Å². The number of para-hydroxylation sites is 1. The smallest absolute Gasteiger partial charge is 0.273 e. The van der Waals surface area contributed by atoms with Crippen molar-refractivity contribution in [2.24, 2.45) is 0 Å². The first kappa shape index (κ1) is 13.8. The van der Waals surface area contributed by atoms with E-state index >= 15 is 0 Å². The van der Waals surface area contributed by atoms with Crippen LogP contribution in [0.4, 0.5) is 0 Å². The van der Waals surface area contributed by atoms with Crippen LogP contribution >= 0.6 is 0 Å². The summed E-state index contributed by atoms with van der Waals surface area (Å²) < 4.78 is 0. The van der Waals surface area contributed by atoms with Crippen molar-refractivity contribution in [3.63, 3.8) is 0 Å². The third kappa shape index (κ3) is 3.11. The predicted octanol–water partition coefficient (Wildman–Crippen LogP) is 1.30. The SMILES string of the molecule is O=C(NC1CCCCC1O)c1cnn(-c2ccccc2)n1. The third-order valence-electron chi connectivity index (χ3n) is 3.76. The molecule has 0 spiro atoms. The number of benzene rings is 1. The van der Waals surface area contributed by atoms with Crippen molar-refractivity contribution in [1.29, 1.82) is 0 Å². The van der Waals surface area contributed by atoms with Crippen LogP contribution in [-0.2, 0) is 0 Å². The van der Waals surface area contributed by atoms with Crippen LogP contribution in [0.15, 0.2) is 36.5 Å². The Kier molecular flexibility index (Phi) is 3.96. The van der Waals surface area contributed by atoms with E-state index in [1.54, 1.807) is 0 Å². The van der Waals surface area contributed by atoms with E-state index in [1.165, 1.54) is 11.0 Å². The number of rotatable bonds is 3. The van der Waals surface area contributed by atoms with Gasteiger partial charge in [-0.2, -0.15) is 9.90 Å². The fraction of sp³-hybridized carbons (Fsp3) is 0.400. The van der Waals surface area contributed by atoms with Gasteiger partial charge in [-0.3, -0.25) is 4.79 Å². The van der Waals surface area contributed by atoms with E-state index in [1.807, 2.05) is 30.3 Å². The molecule has 1 heterocycles. The Morgan fingerprint density at radius 3 is 2.76 bits per heavy atom. The molecule has 1 aliphatic rings. The van der Waals surface area contributed by atoms with Crippen LogP contribution in [-0.4, -0.2) is 38.2 Å². The summed E-state index contributed by atoms with van der Waals surface area (Å²) in [5.74, 6) is -0.289. The monoisotopic (exact) mass is 286 g/mol. The number of carbonyl (C=O) groups excluding carboxylic acids is 1. The highest BCUT2D eigenvalue weighted by Gasteiger charge is 2.25. The van der Waals surface area contributed by atoms with Gasteiger partial charge in [-0.15, -0.1) is 5.10 Å². The molecule has 0 bridgehead atoms. The van der Waals surface area contributed by atoms with Gasteiger partial charge in [0.1, 0.15) is 0 Å². The maximum Gasteiger partial charge on any atom is 0.273 e. The summed E-state index contributed by atoms with van der Waals surface area (Å²) in [5.41, 5.74) is 1.06. The number of aliphatic hydroxyl groups excluding tert-OH is 1. The summed E-state index contributed by atoms with van der Waals surface area (Å²) in [7, 11) is 0. The maximum absolute atomic E-state index is 12.2. The summed E-state index contributed by atoms with van der Waals surface area (Å²) >= 11 is 0. The molecule has 1 aliphatic carbocycles. The average Bonchev–Trinajstić information content (AvgIpc) is 3.00. The molecule has 2 N–H and O–H groups in total. The van der Waals surface area contributed by atoms with E-state index in [-0.39, 0.29) is 17.6 Å². The third-order valence-corrected chi connectivity index (χ3v) is 3.76. The van der Waals surface area contributed by atoms with Crippen LogP contribution in [0.5, 0.6) is 0 Å². The normalized spacial score (nSPS) is 22.0. The second kappa shape index (κ2) is 6.05. The molecule has 3 rings (SSSR count). The second-order valence-corrected chi connectivity index (χ2v) is 5.29. The van der Waals surface area contributed by atoms with Crippen LogP contribution in [0, 0.1) is 0 Å². The molecule has 1 amide bonds. The number of nitrogens with zero attached hydrogens (tertiary/aromatic N) is 3. The zero-order chi connectivity index (χ0) is 14.7. The van der Waals surface area contributed by atoms with Gasteiger partial charge < -0.3 is 10.4 Å². The Bertz CT molecular complexity index is 611. The summed E-state index contributed by atoms with van der Waals surface area (Å²) in [6, 6.07) is 9.23. The second-order valence-electron chi connectivity index (χ2n) is 5.29. The van der Waals surface area contributed by atoms with Gasteiger partial charge >= 0.3 is 0 Å². The molecular weight excluding hydrogens is 268 g/mol. The van der Waals surface area contributed by atoms with Gasteiger partial charge in [-0.1, -0.05) is 31.0 Å². The number of aliphatic hydroxyl groups is 1. The Labute approximate surface area is 122 Å². The predicted molar refractivity (Wildman–Crippen MR) is 77.1 cm³/mol. The van der Waals surface area contributed by atoms with Crippen LogP contribution in [0.3, 0.4) is 0 Å². The van der Waals surface area contributed by atoms with Gasteiger partial charge in [0.2, 0.25) is 0 Å². The zero-order valence-electron chi connectivity index (χ0n) is 11.6. The molecule has 2 aromatic rings. The van der Waals surface area contributed by atoms with E-state index in [0.29, 0.717) is 0 Å². The summed E-state index contributed by atoms with van der Waals surface area (Å²) in [6.45, 7) is 0. The summed E-state index contributed by atoms with van der Waals surface area (Å²) in [5, 5.41) is 21.0. The first-order chi connectivity index (χ1) is 10.2. The summed E-state index contributed by atoms with van der Waals surface area (Å²) in [6.07, 6.45) is 4.56. The quantitative estimate of drug-likeness (QED) is 0.891. The van der Waals surface area contributed by atoms with Gasteiger partial charge in [-0.25, -0.2) is 0 Å². The van der Waals surface area contributed by atoms with E-state index in [9.17, 15) is 9.90 Å². The first-order valence-electron chi connectivity index (χ1n) is 7.21. The Morgan fingerprint density at radius 2 is 2.00 bits per heavy atom. The molecule has 6 heteroatoms. The van der Waals surface area contributed by atoms with E-state index in [0.717, 1.165) is 31.4 Å². The van der Waals surface area contributed by atoms with Gasteiger partial charge in [0.25, 0.3) is 5.91 Å². The molecule has 0 aliphatic heterocycles. The van der Waals surface area contributed by atoms with Crippen LogP contribution < -0.4 is 5.32 Å². The average molecular weight is 286 g/mol. The van der Waals surface area contributed by atoms with Crippen molar-refractivity contribution in [3.05, 3.63) is 42.2 Å². The molecule has 2 unspecified atom stereocenters. The molecule has 1 saturated carbocycles. The van der Waals surface area contributed by atoms with Crippen LogP contribution in [0.25, 0.3) is 5.69 Å². The number of carbonyl (C=O) groups is 1. The number of nitrogens with one attached hydrogen (secondary N) is 1. The fourth-order valence-electron chi connectivity index (χ4n) is 2.57. The van der Waals surface area contributed by atoms with Crippen molar-refractivity contribution in [2.75, 3.05) is 0 Å². The van der Waals surface area contributed by atoms with E-state index < -0.39 is 6.10 Å². The minimum absolute atomic E-state index is 0.187. The lowest BCUT2D eigenvalue weighted by Crippen LogP contribution is -2.45. The lowest BCUT2D eigenvalue weighted by molar-refractivity contribution is 0.0713. The minimum Gasteiger partial charge on any atom is -0.391 e. The van der Waals surface area contributed by atoms with Crippen molar-refractivity contribution in [3.8, 4) is 5.69 Å². The number of hydrogen-bond acceptors (Lipinski definition) is 4. The Morgan fingerprint density at radius 1 is 1.24 bits per heavy atom. The highest BCUT2D eigenvalue weighted by atomic mass is 16.3. The van der Waals surface area contributed by atoms with Crippen molar-refractivity contribution in [2.45, 2.75) is 37.8 Å². The molecule has 0 saturated heterocycles. The molecule has 1 fully saturated rings. The van der Waals surface area contributed by atoms with Gasteiger partial charge in [0.05, 0.1) is 24.0 Å². The summed E-state index contributed by atoms with van der Waals surface area (Å²) in [4.78, 5) is 13.6. The fourth-order valence-corrected chi connectivity index (χ4v) is 2.57. The van der Waals surface area contributed by atoms with Crippen molar-refractivity contribution < 1.29 is 9.90 Å². The van der Waals surface area contributed by atoms with Crippen molar-refractivity contribution >= 4 is 5.91 Å². The maximum atomic E-state index is 12.2. The minimum atomic E-state index is -0.466. The molecule has 6 nitrogen and oxygen atoms in total. The van der Waals surface area contributed by atoms with Crippen LogP contribution in [0.2, 0.25) is 0 Å². The van der Waals surface area contributed by atoms with Crippen molar-refractivity contribution in [1.82, 2.24) is 20.3 Å². The Hall–Kier alpha value is -2.21. The number of aromatic nitrogens is 3. The topological polar surface area (TPSA) is 80.0 Å².